The van der Waals surface area contributed by atoms with E-state index in [2.05, 4.69) is 13.8 Å². The van der Waals surface area contributed by atoms with E-state index in [1.165, 1.54) is 39.8 Å². The van der Waals surface area contributed by atoms with Crippen LogP contribution in [0.4, 0.5) is 0 Å². The first kappa shape index (κ1) is 20.3. The first-order valence-corrected chi connectivity index (χ1v) is 7.58. The van der Waals surface area contributed by atoms with Gasteiger partial charge in [-0.2, -0.15) is 0 Å². The van der Waals surface area contributed by atoms with E-state index >= 15 is 0 Å². The van der Waals surface area contributed by atoms with E-state index in [1.807, 2.05) is 13.8 Å². The van der Waals surface area contributed by atoms with Gasteiger partial charge in [-0.15, -0.1) is 0 Å². The highest BCUT2D eigenvalue weighted by atomic mass is 32.2. The molecule has 15 heavy (non-hydrogen) atoms. The lowest BCUT2D eigenvalue weighted by atomic mass is 10.2. The zero-order valence-corrected chi connectivity index (χ0v) is 12.3. The maximum Gasteiger partial charge on any atom is 0.210 e. The highest BCUT2D eigenvalue weighted by Gasteiger charge is 2.00. The molecule has 0 N–H and O–H groups in total. The lowest BCUT2D eigenvalue weighted by Crippen LogP contribution is -2.19. The van der Waals surface area contributed by atoms with Gasteiger partial charge in [-0.3, -0.25) is 0 Å². The van der Waals surface area contributed by atoms with E-state index in [-0.39, 0.29) is 0 Å². The Kier molecular flexibility index (Phi) is 18.9. The van der Waals surface area contributed by atoms with Gasteiger partial charge in [-0.25, -0.2) is 12.7 Å². The van der Waals surface area contributed by atoms with E-state index < -0.39 is 10.0 Å². The van der Waals surface area contributed by atoms with Gasteiger partial charge in [-0.1, -0.05) is 53.4 Å². The highest BCUT2D eigenvalue weighted by molar-refractivity contribution is 7.88. The summed E-state index contributed by atoms with van der Waals surface area (Å²) in [7, 11) is 0.0833. The molecule has 0 bridgehead atoms. The fourth-order valence-corrected chi connectivity index (χ4v) is 0.500. The molecule has 4 heteroatoms. The fourth-order valence-electron chi connectivity index (χ4n) is 0.500. The molecule has 0 aromatic carbocycles. The molecular formula is C11H29NO2S. The summed E-state index contributed by atoms with van der Waals surface area (Å²) < 4.78 is 21.7. The second-order valence-electron chi connectivity index (χ2n) is 3.25. The third kappa shape index (κ3) is 24.9. The molecule has 0 aliphatic heterocycles. The molecule has 0 radical (unpaired) electrons. The smallest absolute Gasteiger partial charge is 0.210 e. The average molecular weight is 239 g/mol. The molecule has 0 aliphatic carbocycles. The maximum atomic E-state index is 10.3. The van der Waals surface area contributed by atoms with Crippen LogP contribution in [-0.4, -0.2) is 33.1 Å². The molecule has 0 spiro atoms. The van der Waals surface area contributed by atoms with Crippen molar-refractivity contribution >= 4 is 10.0 Å². The molecule has 0 heterocycles. The van der Waals surface area contributed by atoms with Gasteiger partial charge in [0, 0.05) is 14.1 Å². The van der Waals surface area contributed by atoms with Crippen LogP contribution in [0.2, 0.25) is 0 Å². The zero-order chi connectivity index (χ0) is 12.9. The van der Waals surface area contributed by atoms with Crippen molar-refractivity contribution < 1.29 is 8.42 Å². The molecule has 0 atom stereocenters. The number of unbranched alkanes of at least 4 members (excludes halogenated alkanes) is 3. The first-order valence-electron chi connectivity index (χ1n) is 5.73. The van der Waals surface area contributed by atoms with Gasteiger partial charge < -0.3 is 0 Å². The van der Waals surface area contributed by atoms with Crippen molar-refractivity contribution in [3.63, 3.8) is 0 Å². The van der Waals surface area contributed by atoms with Gasteiger partial charge in [0.2, 0.25) is 10.0 Å². The Hall–Kier alpha value is -0.0900. The van der Waals surface area contributed by atoms with Crippen molar-refractivity contribution in [3.8, 4) is 0 Å². The number of sulfonamides is 1. The summed E-state index contributed by atoms with van der Waals surface area (Å²) in [6.07, 6.45) is 6.70. The van der Waals surface area contributed by atoms with E-state index in [1.54, 1.807) is 0 Å². The second-order valence-corrected chi connectivity index (χ2v) is 5.45. The molecule has 0 fully saturated rings. The van der Waals surface area contributed by atoms with Crippen LogP contribution in [0.25, 0.3) is 0 Å². The van der Waals surface area contributed by atoms with Crippen molar-refractivity contribution in [2.45, 2.75) is 53.4 Å². The van der Waals surface area contributed by atoms with Crippen molar-refractivity contribution in [2.24, 2.45) is 0 Å². The van der Waals surface area contributed by atoms with Crippen molar-refractivity contribution in [2.75, 3.05) is 20.4 Å². The van der Waals surface area contributed by atoms with Crippen LogP contribution in [-0.2, 0) is 10.0 Å². The standard InChI is InChI=1S/C6H14.C3H9NO2S.C2H6/c1-3-5-6-4-2;1-4(2)7(3,5)6;1-2/h3-6H2,1-2H3;1-3H3;1-2H3. The minimum atomic E-state index is -2.91. The number of nitrogens with zero attached hydrogens (tertiary/aromatic N) is 1. The van der Waals surface area contributed by atoms with Gasteiger partial charge in [0.25, 0.3) is 0 Å². The minimum Gasteiger partial charge on any atom is -0.213 e. The normalized spacial score (nSPS) is 9.87. The topological polar surface area (TPSA) is 37.4 Å². The molecule has 96 valence electrons. The third-order valence-corrected chi connectivity index (χ3v) is 2.95. The maximum absolute atomic E-state index is 10.3. The zero-order valence-electron chi connectivity index (χ0n) is 11.5. The largest absolute Gasteiger partial charge is 0.213 e. The lowest BCUT2D eigenvalue weighted by Gasteiger charge is -2.02. The van der Waals surface area contributed by atoms with Crippen molar-refractivity contribution in [3.05, 3.63) is 0 Å². The van der Waals surface area contributed by atoms with E-state index in [0.717, 1.165) is 10.6 Å². The Morgan fingerprint density at radius 3 is 1.20 bits per heavy atom. The SMILES string of the molecule is CC.CCCCCC.CN(C)S(C)(=O)=O. The molecule has 0 aliphatic rings. The van der Waals surface area contributed by atoms with E-state index in [9.17, 15) is 8.42 Å². The summed E-state index contributed by atoms with van der Waals surface area (Å²) in [4.78, 5) is 0. The molecule has 0 unspecified atom stereocenters. The minimum absolute atomic E-state index is 1.16. The van der Waals surface area contributed by atoms with Crippen LogP contribution < -0.4 is 0 Å². The Bertz CT molecular complexity index is 183. The van der Waals surface area contributed by atoms with E-state index in [4.69, 9.17) is 0 Å². The summed E-state index contributed by atoms with van der Waals surface area (Å²) in [6, 6.07) is 0. The molecular weight excluding hydrogens is 210 g/mol. The lowest BCUT2D eigenvalue weighted by molar-refractivity contribution is 0.527. The summed E-state index contributed by atoms with van der Waals surface area (Å²) in [5, 5.41) is 0. The first-order chi connectivity index (χ1) is 6.86. The van der Waals surface area contributed by atoms with Gasteiger partial charge >= 0.3 is 0 Å². The molecule has 0 rings (SSSR count). The summed E-state index contributed by atoms with van der Waals surface area (Å²) >= 11 is 0. The van der Waals surface area contributed by atoms with E-state index in [0.29, 0.717) is 0 Å². The Morgan fingerprint density at radius 2 is 1.13 bits per heavy atom. The molecule has 0 aromatic heterocycles. The van der Waals surface area contributed by atoms with Crippen molar-refractivity contribution in [1.29, 1.82) is 0 Å². The number of rotatable bonds is 4. The summed E-state index contributed by atoms with van der Waals surface area (Å²) in [5.41, 5.74) is 0. The quantitative estimate of drug-likeness (QED) is 0.707. The van der Waals surface area contributed by atoms with Gasteiger partial charge in [-0.05, 0) is 0 Å². The van der Waals surface area contributed by atoms with Crippen LogP contribution in [0.5, 0.6) is 0 Å². The predicted molar refractivity (Wildman–Crippen MR) is 69.7 cm³/mol. The van der Waals surface area contributed by atoms with Crippen LogP contribution in [0.3, 0.4) is 0 Å². The molecule has 0 saturated carbocycles. The average Bonchev–Trinajstić information content (AvgIpc) is 2.17. The highest BCUT2D eigenvalue weighted by Crippen LogP contribution is 1.95. The molecule has 0 amide bonds. The Balaban J connectivity index is -0.000000166. The van der Waals surface area contributed by atoms with Gasteiger partial charge in [0.15, 0.2) is 0 Å². The molecule has 3 nitrogen and oxygen atoms in total. The van der Waals surface area contributed by atoms with Crippen LogP contribution in [0.15, 0.2) is 0 Å². The Morgan fingerprint density at radius 1 is 0.933 bits per heavy atom. The predicted octanol–water partition coefficient (Wildman–Crippen LogP) is 3.12. The van der Waals surface area contributed by atoms with Crippen LogP contribution in [0, 0.1) is 0 Å². The van der Waals surface area contributed by atoms with Gasteiger partial charge in [0.05, 0.1) is 6.26 Å². The molecule has 0 saturated heterocycles. The van der Waals surface area contributed by atoms with Crippen LogP contribution in [0.1, 0.15) is 53.4 Å². The summed E-state index contributed by atoms with van der Waals surface area (Å²) in [5.74, 6) is 0. The van der Waals surface area contributed by atoms with Crippen LogP contribution >= 0.6 is 0 Å². The molecule has 0 aromatic rings. The summed E-state index contributed by atoms with van der Waals surface area (Å²) in [6.45, 7) is 8.46. The monoisotopic (exact) mass is 239 g/mol. The number of hydrogen-bond acceptors (Lipinski definition) is 2. The second kappa shape index (κ2) is 13.9. The van der Waals surface area contributed by atoms with Gasteiger partial charge in [0.1, 0.15) is 0 Å². The Labute approximate surface area is 96.9 Å². The fraction of sp³-hybridized carbons (Fsp3) is 1.00. The third-order valence-electron chi connectivity index (χ3n) is 1.62. The van der Waals surface area contributed by atoms with Crippen molar-refractivity contribution in [1.82, 2.24) is 4.31 Å². The number of hydrogen-bond donors (Lipinski definition) is 0.